The van der Waals surface area contributed by atoms with E-state index < -0.39 is 10.0 Å². The summed E-state index contributed by atoms with van der Waals surface area (Å²) in [6, 6.07) is 17.4. The van der Waals surface area contributed by atoms with Gasteiger partial charge in [-0.25, -0.2) is 8.42 Å². The molecule has 0 aliphatic carbocycles. The number of rotatable bonds is 3. The second-order valence-electron chi connectivity index (χ2n) is 3.92. The summed E-state index contributed by atoms with van der Waals surface area (Å²) >= 11 is 0. The molecular weight excluding hydrogens is 278 g/mol. The molecule has 0 saturated carbocycles. The molecular formula is C14H13NO4S. The third-order valence-corrected chi connectivity index (χ3v) is 2.62. The zero-order valence-electron chi connectivity index (χ0n) is 10.8. The minimum atomic E-state index is -3.63. The predicted octanol–water partition coefficient (Wildman–Crippen LogP) is 2.46. The first kappa shape index (κ1) is 14.1. The second kappa shape index (κ2) is 6.21. The Bertz CT molecular complexity index is 638. The van der Waals surface area contributed by atoms with E-state index >= 15 is 0 Å². The molecule has 0 aliphatic rings. The number of ether oxygens (including phenoxy) is 2. The van der Waals surface area contributed by atoms with Crippen molar-refractivity contribution in [3.05, 3.63) is 60.7 Å². The summed E-state index contributed by atoms with van der Waals surface area (Å²) in [6.45, 7) is 0. The highest BCUT2D eigenvalue weighted by Gasteiger charge is 2.10. The third kappa shape index (κ3) is 4.74. The lowest BCUT2D eigenvalue weighted by molar-refractivity contribution is 0.387. The van der Waals surface area contributed by atoms with Crippen LogP contribution in [-0.2, 0) is 10.0 Å². The Morgan fingerprint density at radius 3 is 1.60 bits per heavy atom. The fourth-order valence-corrected chi connectivity index (χ4v) is 1.72. The first-order chi connectivity index (χ1) is 9.53. The molecule has 0 saturated heterocycles. The summed E-state index contributed by atoms with van der Waals surface area (Å²) in [5.74, 6) is 0.872. The highest BCUT2D eigenvalue weighted by Crippen LogP contribution is 2.13. The molecule has 0 unspecified atom stereocenters. The number of sulfonamides is 1. The molecule has 0 fully saturated rings. The van der Waals surface area contributed by atoms with Gasteiger partial charge < -0.3 is 9.47 Å². The van der Waals surface area contributed by atoms with E-state index in [-0.39, 0.29) is 6.08 Å². The normalized spacial score (nSPS) is 10.7. The van der Waals surface area contributed by atoms with Gasteiger partial charge in [-0.15, -0.1) is 0 Å². The zero-order chi connectivity index (χ0) is 14.4. The van der Waals surface area contributed by atoms with Gasteiger partial charge in [0.15, 0.2) is 0 Å². The Balaban J connectivity index is 2.24. The first-order valence-corrected chi connectivity index (χ1v) is 7.63. The lowest BCUT2D eigenvalue weighted by atomic mass is 10.3. The monoisotopic (exact) mass is 291 g/mol. The summed E-state index contributed by atoms with van der Waals surface area (Å²) in [4.78, 5) is 0. The van der Waals surface area contributed by atoms with Gasteiger partial charge in [-0.1, -0.05) is 40.8 Å². The van der Waals surface area contributed by atoms with E-state index in [0.29, 0.717) is 11.5 Å². The number of hydrogen-bond donors (Lipinski definition) is 0. The Morgan fingerprint density at radius 2 is 1.25 bits per heavy atom. The Kier molecular flexibility index (Phi) is 4.37. The van der Waals surface area contributed by atoms with Gasteiger partial charge in [0.25, 0.3) is 10.0 Å². The molecule has 0 aliphatic heterocycles. The van der Waals surface area contributed by atoms with Crippen molar-refractivity contribution in [1.82, 2.24) is 0 Å². The maximum absolute atomic E-state index is 11.3. The lowest BCUT2D eigenvalue weighted by Crippen LogP contribution is -2.18. The SMILES string of the molecule is CS(=O)(=O)N=C(Oc1ccccc1)Oc1ccccc1. The highest BCUT2D eigenvalue weighted by molar-refractivity contribution is 7.89. The van der Waals surface area contributed by atoms with Gasteiger partial charge in [0.1, 0.15) is 11.5 Å². The molecule has 0 heterocycles. The van der Waals surface area contributed by atoms with Crippen molar-refractivity contribution in [2.45, 2.75) is 0 Å². The van der Waals surface area contributed by atoms with Gasteiger partial charge >= 0.3 is 6.08 Å². The summed E-state index contributed by atoms with van der Waals surface area (Å²) in [6.07, 6.45) is 0.625. The van der Waals surface area contributed by atoms with E-state index in [1.165, 1.54) is 0 Å². The minimum absolute atomic E-state index is 0.343. The number of para-hydroxylation sites is 2. The topological polar surface area (TPSA) is 65.0 Å². The predicted molar refractivity (Wildman–Crippen MR) is 76.4 cm³/mol. The summed E-state index contributed by atoms with van der Waals surface area (Å²) in [5.41, 5.74) is 0. The largest absolute Gasteiger partial charge is 0.410 e. The van der Waals surface area contributed by atoms with Crippen molar-refractivity contribution in [3.63, 3.8) is 0 Å². The molecule has 20 heavy (non-hydrogen) atoms. The van der Waals surface area contributed by atoms with Crippen molar-refractivity contribution < 1.29 is 17.9 Å². The number of hydrogen-bond acceptors (Lipinski definition) is 4. The van der Waals surface area contributed by atoms with Crippen molar-refractivity contribution >= 4 is 16.1 Å². The molecule has 0 radical (unpaired) electrons. The molecule has 0 spiro atoms. The third-order valence-electron chi connectivity index (χ3n) is 2.14. The highest BCUT2D eigenvalue weighted by atomic mass is 32.2. The van der Waals surface area contributed by atoms with Gasteiger partial charge in [-0.05, 0) is 24.3 Å². The van der Waals surface area contributed by atoms with Gasteiger partial charge in [0.2, 0.25) is 0 Å². The van der Waals surface area contributed by atoms with Gasteiger partial charge in [0, 0.05) is 0 Å². The van der Waals surface area contributed by atoms with Gasteiger partial charge in [0.05, 0.1) is 6.26 Å². The maximum atomic E-state index is 11.3. The van der Waals surface area contributed by atoms with Crippen LogP contribution in [0.1, 0.15) is 0 Å². The van der Waals surface area contributed by atoms with Crippen LogP contribution in [0.5, 0.6) is 11.5 Å². The Morgan fingerprint density at radius 1 is 0.850 bits per heavy atom. The van der Waals surface area contributed by atoms with Crippen LogP contribution in [0, 0.1) is 0 Å². The van der Waals surface area contributed by atoms with Crippen molar-refractivity contribution in [2.24, 2.45) is 4.40 Å². The molecule has 2 aromatic rings. The van der Waals surface area contributed by atoms with Crippen LogP contribution in [0.2, 0.25) is 0 Å². The average Bonchev–Trinajstić information content (AvgIpc) is 2.39. The quantitative estimate of drug-likeness (QED) is 0.643. The van der Waals surface area contributed by atoms with Crippen LogP contribution in [0.3, 0.4) is 0 Å². The molecule has 0 amide bonds. The van der Waals surface area contributed by atoms with Crippen LogP contribution < -0.4 is 9.47 Å². The van der Waals surface area contributed by atoms with Crippen molar-refractivity contribution in [2.75, 3.05) is 6.26 Å². The van der Waals surface area contributed by atoms with Crippen LogP contribution in [0.15, 0.2) is 65.1 Å². The molecule has 2 aromatic carbocycles. The first-order valence-electron chi connectivity index (χ1n) is 5.79. The molecule has 0 bridgehead atoms. The molecule has 0 N–H and O–H groups in total. The fraction of sp³-hybridized carbons (Fsp3) is 0.0714. The summed E-state index contributed by atoms with van der Waals surface area (Å²) in [5, 5.41) is 0. The summed E-state index contributed by atoms with van der Waals surface area (Å²) in [7, 11) is -3.63. The van der Waals surface area contributed by atoms with Crippen LogP contribution in [-0.4, -0.2) is 20.8 Å². The fourth-order valence-electron chi connectivity index (χ4n) is 1.37. The Labute approximate surface area is 117 Å². The van der Waals surface area contributed by atoms with Crippen LogP contribution in [0.25, 0.3) is 0 Å². The van der Waals surface area contributed by atoms with E-state index in [1.54, 1.807) is 48.5 Å². The molecule has 104 valence electrons. The molecule has 0 atom stereocenters. The van der Waals surface area contributed by atoms with Crippen LogP contribution in [0.4, 0.5) is 0 Å². The Hall–Kier alpha value is -2.34. The molecule has 5 nitrogen and oxygen atoms in total. The van der Waals surface area contributed by atoms with E-state index in [9.17, 15) is 8.42 Å². The minimum Gasteiger partial charge on any atom is -0.410 e. The van der Waals surface area contributed by atoms with Crippen molar-refractivity contribution in [1.29, 1.82) is 0 Å². The average molecular weight is 291 g/mol. The van der Waals surface area contributed by atoms with Crippen LogP contribution >= 0.6 is 0 Å². The van der Waals surface area contributed by atoms with Crippen molar-refractivity contribution in [3.8, 4) is 11.5 Å². The lowest BCUT2D eigenvalue weighted by Gasteiger charge is -2.09. The standard InChI is InChI=1S/C14H13NO4S/c1-20(16,17)15-14(18-12-8-4-2-5-9-12)19-13-10-6-3-7-11-13/h2-11H,1H3. The smallest absolute Gasteiger partial charge is 0.410 e. The number of nitrogens with zero attached hydrogens (tertiary/aromatic N) is 1. The molecule has 2 rings (SSSR count). The second-order valence-corrected chi connectivity index (χ2v) is 5.57. The zero-order valence-corrected chi connectivity index (χ0v) is 11.6. The van der Waals surface area contributed by atoms with E-state index in [4.69, 9.17) is 9.47 Å². The van der Waals surface area contributed by atoms with E-state index in [1.807, 2.05) is 12.1 Å². The number of benzene rings is 2. The summed E-state index contributed by atoms with van der Waals surface area (Å²) < 4.78 is 36.7. The molecule has 0 aromatic heterocycles. The van der Waals surface area contributed by atoms with E-state index in [0.717, 1.165) is 6.26 Å². The van der Waals surface area contributed by atoms with Gasteiger partial charge in [-0.2, -0.15) is 0 Å². The van der Waals surface area contributed by atoms with E-state index in [2.05, 4.69) is 4.40 Å². The maximum Gasteiger partial charge on any atom is 0.410 e. The van der Waals surface area contributed by atoms with Gasteiger partial charge in [-0.3, -0.25) is 0 Å². The molecule has 6 heteroatoms.